The maximum Gasteiger partial charge on any atom is 0.240 e. The highest BCUT2D eigenvalue weighted by Gasteiger charge is 2.13. The molecule has 0 atom stereocenters. The van der Waals surface area contributed by atoms with E-state index in [1.54, 1.807) is 35.5 Å². The summed E-state index contributed by atoms with van der Waals surface area (Å²) in [5, 5.41) is 13.0. The number of nitrogens with zero attached hydrogens (tertiary/aromatic N) is 3. The molecule has 6 aromatic rings. The molecule has 4 aromatic carbocycles. The molecule has 0 aliphatic rings. The van der Waals surface area contributed by atoms with Gasteiger partial charge < -0.3 is 33.2 Å². The summed E-state index contributed by atoms with van der Waals surface area (Å²) in [5.41, 5.74) is 6.24. The van der Waals surface area contributed by atoms with Crippen molar-refractivity contribution in [2.45, 2.75) is 0 Å². The fourth-order valence-corrected chi connectivity index (χ4v) is 5.03. The summed E-state index contributed by atoms with van der Waals surface area (Å²) in [6, 6.07) is 23.3. The second kappa shape index (κ2) is 17.7. The summed E-state index contributed by atoms with van der Waals surface area (Å²) in [6.45, 7) is 0.333. The lowest BCUT2D eigenvalue weighted by Gasteiger charge is -2.12. The molecule has 13 heteroatoms. The van der Waals surface area contributed by atoms with Crippen LogP contribution < -0.4 is 23.7 Å². The van der Waals surface area contributed by atoms with E-state index >= 15 is 0 Å². The maximum absolute atomic E-state index is 10.9. The molecule has 0 aliphatic carbocycles. The third-order valence-corrected chi connectivity index (χ3v) is 7.37. The van der Waals surface area contributed by atoms with E-state index < -0.39 is 0 Å². The van der Waals surface area contributed by atoms with E-state index in [9.17, 15) is 4.79 Å². The van der Waals surface area contributed by atoms with Gasteiger partial charge in [0.25, 0.3) is 0 Å². The zero-order valence-electron chi connectivity index (χ0n) is 28.4. The fraction of sp³-hybridized carbons (Fsp3) is 0.250. The Hall–Kier alpha value is -5.30. The van der Waals surface area contributed by atoms with E-state index in [2.05, 4.69) is 33.0 Å². The van der Waals surface area contributed by atoms with Crippen LogP contribution >= 0.6 is 11.6 Å². The van der Waals surface area contributed by atoms with Gasteiger partial charge in [-0.2, -0.15) is 5.10 Å². The number of carbonyl (C=O) groups excluding carboxylic acids is 1. The van der Waals surface area contributed by atoms with Crippen LogP contribution in [-0.2, 0) is 16.5 Å². The number of halogens is 1. The largest absolute Gasteiger partial charge is 0.493 e. The van der Waals surface area contributed by atoms with Gasteiger partial charge in [0.05, 0.1) is 37.7 Å². The van der Waals surface area contributed by atoms with E-state index in [4.69, 9.17) is 33.2 Å². The van der Waals surface area contributed by atoms with E-state index in [1.165, 1.54) is 6.38 Å². The van der Waals surface area contributed by atoms with Crippen molar-refractivity contribution < 1.29 is 38.0 Å². The Kier molecular flexibility index (Phi) is 13.2. The number of H-pyrrole nitrogens is 1. The van der Waals surface area contributed by atoms with Crippen LogP contribution in [0.1, 0.15) is 10.5 Å². The number of aryl methyl sites for hydroxylation is 1. The number of carbonyl (C=O) groups is 1. The molecule has 0 unspecified atom stereocenters. The predicted molar refractivity (Wildman–Crippen MR) is 190 cm³/mol. The van der Waals surface area contributed by atoms with Gasteiger partial charge in [0.15, 0.2) is 42.9 Å². The SMILES string of the molecule is CCl.COCOc1ccc(-c2ccc3c(C=O)[nH]nc3c2)cc1OC.COCOc1ccc(-c2ccc3c(OC)nn(C)c3c2)cc1OC. The second-order valence-corrected chi connectivity index (χ2v) is 10.2. The molecule has 12 nitrogen and oxygen atoms in total. The van der Waals surface area contributed by atoms with Gasteiger partial charge in [-0.3, -0.25) is 14.6 Å². The van der Waals surface area contributed by atoms with E-state index in [1.807, 2.05) is 78.5 Å². The normalized spacial score (nSPS) is 10.4. The van der Waals surface area contributed by atoms with Crippen molar-refractivity contribution in [2.75, 3.05) is 55.5 Å². The Labute approximate surface area is 289 Å². The van der Waals surface area contributed by atoms with Crippen LogP contribution in [0.25, 0.3) is 44.1 Å². The molecular formula is C36H39ClN4O8. The van der Waals surface area contributed by atoms with Crippen LogP contribution in [-0.4, -0.2) is 81.8 Å². The minimum atomic E-state index is 0.156. The molecule has 0 amide bonds. The van der Waals surface area contributed by atoms with Gasteiger partial charge in [-0.15, -0.1) is 16.7 Å². The average Bonchev–Trinajstić information content (AvgIpc) is 3.73. The Balaban J connectivity index is 0.000000210. The molecule has 0 saturated heterocycles. The van der Waals surface area contributed by atoms with Crippen LogP contribution in [0.2, 0.25) is 0 Å². The number of hydrogen-bond acceptors (Lipinski definition) is 10. The van der Waals surface area contributed by atoms with Crippen molar-refractivity contribution >= 4 is 39.7 Å². The molecule has 2 aromatic heterocycles. The van der Waals surface area contributed by atoms with Crippen molar-refractivity contribution in [3.05, 3.63) is 78.5 Å². The lowest BCUT2D eigenvalue weighted by Crippen LogP contribution is -2.00. The van der Waals surface area contributed by atoms with Crippen molar-refractivity contribution in [2.24, 2.45) is 7.05 Å². The number of methoxy groups -OCH3 is 5. The number of aldehydes is 1. The Morgan fingerprint density at radius 3 is 1.69 bits per heavy atom. The van der Waals surface area contributed by atoms with Crippen LogP contribution in [0, 0.1) is 0 Å². The second-order valence-electron chi connectivity index (χ2n) is 10.2. The third-order valence-electron chi connectivity index (χ3n) is 7.37. The van der Waals surface area contributed by atoms with Crippen LogP contribution in [0.5, 0.6) is 28.9 Å². The first-order valence-electron chi connectivity index (χ1n) is 14.9. The van der Waals surface area contributed by atoms with E-state index in [0.29, 0.717) is 34.6 Å². The molecule has 0 bridgehead atoms. The summed E-state index contributed by atoms with van der Waals surface area (Å²) >= 11 is 4.64. The number of ether oxygens (including phenoxy) is 7. The summed E-state index contributed by atoms with van der Waals surface area (Å²) in [6.07, 6.45) is 2.24. The van der Waals surface area contributed by atoms with Crippen molar-refractivity contribution in [1.29, 1.82) is 0 Å². The molecule has 6 rings (SSSR count). The molecule has 49 heavy (non-hydrogen) atoms. The number of aromatic nitrogens is 4. The van der Waals surface area contributed by atoms with Crippen molar-refractivity contribution in [3.8, 4) is 51.1 Å². The fourth-order valence-electron chi connectivity index (χ4n) is 5.03. The number of aromatic amines is 1. The third kappa shape index (κ3) is 8.41. The first-order valence-corrected chi connectivity index (χ1v) is 15.6. The van der Waals surface area contributed by atoms with E-state index in [-0.39, 0.29) is 13.6 Å². The zero-order chi connectivity index (χ0) is 35.3. The minimum absolute atomic E-state index is 0.156. The summed E-state index contributed by atoms with van der Waals surface area (Å²) in [4.78, 5) is 10.9. The number of nitrogens with one attached hydrogen (secondary N) is 1. The van der Waals surface area contributed by atoms with Crippen LogP contribution in [0.15, 0.2) is 72.8 Å². The highest BCUT2D eigenvalue weighted by atomic mass is 35.5. The molecule has 0 spiro atoms. The quantitative estimate of drug-likeness (QED) is 0.0805. The van der Waals surface area contributed by atoms with Crippen LogP contribution in [0.3, 0.4) is 0 Å². The zero-order valence-corrected chi connectivity index (χ0v) is 29.2. The molecule has 0 aliphatic heterocycles. The van der Waals surface area contributed by atoms with Crippen molar-refractivity contribution in [1.82, 2.24) is 20.0 Å². The Morgan fingerprint density at radius 2 is 1.18 bits per heavy atom. The maximum atomic E-state index is 10.9. The van der Waals surface area contributed by atoms with Gasteiger partial charge >= 0.3 is 0 Å². The van der Waals surface area contributed by atoms with Gasteiger partial charge in [-0.05, 0) is 70.8 Å². The average molecular weight is 691 g/mol. The monoisotopic (exact) mass is 690 g/mol. The highest BCUT2D eigenvalue weighted by molar-refractivity contribution is 6.15. The lowest BCUT2D eigenvalue weighted by molar-refractivity contribution is 0.0490. The van der Waals surface area contributed by atoms with Crippen molar-refractivity contribution in [3.63, 3.8) is 0 Å². The van der Waals surface area contributed by atoms with Gasteiger partial charge in [0, 0.05) is 33.0 Å². The lowest BCUT2D eigenvalue weighted by atomic mass is 10.0. The summed E-state index contributed by atoms with van der Waals surface area (Å²) in [7, 11) is 9.88. The molecule has 0 fully saturated rings. The Morgan fingerprint density at radius 1 is 0.673 bits per heavy atom. The molecule has 258 valence electrons. The Bertz CT molecular complexity index is 1990. The summed E-state index contributed by atoms with van der Waals surface area (Å²) < 4.78 is 38.7. The molecule has 0 saturated carbocycles. The van der Waals surface area contributed by atoms with Gasteiger partial charge in [0.2, 0.25) is 5.88 Å². The first-order chi connectivity index (χ1) is 23.9. The van der Waals surface area contributed by atoms with Gasteiger partial charge in [-0.25, -0.2) is 0 Å². The summed E-state index contributed by atoms with van der Waals surface area (Å²) in [5.74, 6) is 3.16. The van der Waals surface area contributed by atoms with Crippen LogP contribution in [0.4, 0.5) is 0 Å². The topological polar surface area (TPSA) is 128 Å². The van der Waals surface area contributed by atoms with E-state index in [0.717, 1.165) is 50.3 Å². The highest BCUT2D eigenvalue weighted by Crippen LogP contribution is 2.36. The molecule has 2 heterocycles. The smallest absolute Gasteiger partial charge is 0.240 e. The van der Waals surface area contributed by atoms with Gasteiger partial charge in [0.1, 0.15) is 5.69 Å². The number of alkyl halides is 1. The standard InChI is InChI=1S/C18H20N2O4.C17H16N2O4.CH3Cl/c1-20-15-9-12(5-7-14(15)18(19-20)23-4)13-6-8-16(24-11-21-2)17(10-13)22-3;1-21-10-23-16-6-4-12(8-17(16)22-2)11-3-5-13-14(7-11)18-19-15(13)9-20;1-2/h5-10H,11H2,1-4H3;3-9H,10H2,1-2H3,(H,18,19);1H3. The minimum Gasteiger partial charge on any atom is -0.493 e. The number of benzene rings is 4. The number of hydrogen-bond donors (Lipinski definition) is 1. The molecule has 0 radical (unpaired) electrons. The number of rotatable bonds is 12. The number of fused-ring (bicyclic) bond motifs is 2. The van der Waals surface area contributed by atoms with Gasteiger partial charge in [-0.1, -0.05) is 24.3 Å². The first kappa shape index (κ1) is 36.5. The molecular weight excluding hydrogens is 652 g/mol. The predicted octanol–water partition coefficient (Wildman–Crippen LogP) is 7.13. The molecule has 1 N–H and O–H groups in total.